The second-order valence-corrected chi connectivity index (χ2v) is 8.05. The Bertz CT molecular complexity index is 859. The number of rotatable bonds is 8. The van der Waals surface area contributed by atoms with E-state index in [0.717, 1.165) is 56.2 Å². The number of unbranched alkanes of at least 4 members (excludes halogenated alkanes) is 1. The number of carbonyl (C=O) groups excluding carboxylic acids is 2. The van der Waals surface area contributed by atoms with Crippen molar-refractivity contribution in [1.82, 2.24) is 20.6 Å². The molecule has 6 heteroatoms. The van der Waals surface area contributed by atoms with Gasteiger partial charge in [-0.05, 0) is 64.2 Å². The van der Waals surface area contributed by atoms with Crippen LogP contribution in [0.25, 0.3) is 0 Å². The van der Waals surface area contributed by atoms with E-state index < -0.39 is 0 Å². The number of amides is 2. The number of aryl methyl sites for hydroxylation is 2. The van der Waals surface area contributed by atoms with E-state index in [-0.39, 0.29) is 23.2 Å². The van der Waals surface area contributed by atoms with Gasteiger partial charge in [0, 0.05) is 29.5 Å². The quantitative estimate of drug-likeness (QED) is 0.668. The molecule has 0 unspecified atom stereocenters. The summed E-state index contributed by atoms with van der Waals surface area (Å²) in [6.07, 6.45) is 8.58. The summed E-state index contributed by atoms with van der Waals surface area (Å²) >= 11 is 0. The molecule has 0 atom stereocenters. The maximum absolute atomic E-state index is 12.6. The van der Waals surface area contributed by atoms with Gasteiger partial charge in [-0.25, -0.2) is 9.97 Å². The van der Waals surface area contributed by atoms with Crippen LogP contribution in [0.15, 0.2) is 36.5 Å². The molecule has 1 aliphatic rings. The molecular weight excluding hydrogens is 364 g/mol. The lowest BCUT2D eigenvalue weighted by Crippen LogP contribution is -2.47. The number of benzene rings is 1. The fraction of sp³-hybridized carbons (Fsp3) is 0.478. The van der Waals surface area contributed by atoms with Gasteiger partial charge in [-0.3, -0.25) is 9.59 Å². The van der Waals surface area contributed by atoms with Gasteiger partial charge >= 0.3 is 0 Å². The van der Waals surface area contributed by atoms with E-state index in [1.165, 1.54) is 0 Å². The average molecular weight is 395 g/mol. The molecule has 0 aliphatic heterocycles. The third-order valence-corrected chi connectivity index (χ3v) is 5.59. The zero-order valence-corrected chi connectivity index (χ0v) is 17.3. The van der Waals surface area contributed by atoms with Crippen LogP contribution in [-0.4, -0.2) is 33.9 Å². The Balaban J connectivity index is 1.47. The van der Waals surface area contributed by atoms with E-state index >= 15 is 0 Å². The maximum atomic E-state index is 12.6. The summed E-state index contributed by atoms with van der Waals surface area (Å²) < 4.78 is 0. The molecular formula is C23H30N4O2. The molecule has 29 heavy (non-hydrogen) atoms. The second-order valence-electron chi connectivity index (χ2n) is 8.05. The number of aromatic nitrogens is 2. The predicted octanol–water partition coefficient (Wildman–Crippen LogP) is 3.74. The monoisotopic (exact) mass is 394 g/mol. The van der Waals surface area contributed by atoms with Crippen LogP contribution >= 0.6 is 0 Å². The normalized spacial score (nSPS) is 15.1. The van der Waals surface area contributed by atoms with Crippen LogP contribution in [0.3, 0.4) is 0 Å². The topological polar surface area (TPSA) is 84.0 Å². The molecule has 2 aromatic rings. The Morgan fingerprint density at radius 1 is 1.07 bits per heavy atom. The molecule has 6 nitrogen and oxygen atoms in total. The van der Waals surface area contributed by atoms with E-state index in [1.54, 1.807) is 12.3 Å². The fourth-order valence-corrected chi connectivity index (χ4v) is 4.02. The molecule has 154 valence electrons. The Morgan fingerprint density at radius 3 is 2.59 bits per heavy atom. The SMILES string of the molecule is Cc1cccc(C(=O)NCCCCC2(NC(=O)c3nccc(C)n3)CCCC2)c1. The molecule has 1 saturated carbocycles. The van der Waals surface area contributed by atoms with Gasteiger partial charge in [0.15, 0.2) is 0 Å². The number of carbonyl (C=O) groups is 2. The molecule has 1 aromatic carbocycles. The molecule has 2 amide bonds. The molecule has 1 aliphatic carbocycles. The van der Waals surface area contributed by atoms with Gasteiger partial charge in [-0.15, -0.1) is 0 Å². The van der Waals surface area contributed by atoms with Crippen LogP contribution in [0.4, 0.5) is 0 Å². The van der Waals surface area contributed by atoms with E-state index in [4.69, 9.17) is 0 Å². The highest BCUT2D eigenvalue weighted by Gasteiger charge is 2.35. The highest BCUT2D eigenvalue weighted by atomic mass is 16.2. The van der Waals surface area contributed by atoms with E-state index in [1.807, 2.05) is 38.1 Å². The van der Waals surface area contributed by atoms with Crippen molar-refractivity contribution in [1.29, 1.82) is 0 Å². The first-order chi connectivity index (χ1) is 14.0. The lowest BCUT2D eigenvalue weighted by Gasteiger charge is -2.30. The Hall–Kier alpha value is -2.76. The van der Waals surface area contributed by atoms with Crippen LogP contribution in [0.2, 0.25) is 0 Å². The van der Waals surface area contributed by atoms with Crippen molar-refractivity contribution in [3.63, 3.8) is 0 Å². The molecule has 1 aromatic heterocycles. The largest absolute Gasteiger partial charge is 0.352 e. The van der Waals surface area contributed by atoms with Crippen LogP contribution in [0.5, 0.6) is 0 Å². The lowest BCUT2D eigenvalue weighted by molar-refractivity contribution is 0.0881. The average Bonchev–Trinajstić information content (AvgIpc) is 3.16. The molecule has 1 heterocycles. The van der Waals surface area contributed by atoms with Crippen molar-refractivity contribution in [2.45, 2.75) is 64.3 Å². The number of hydrogen-bond donors (Lipinski definition) is 2. The van der Waals surface area contributed by atoms with Gasteiger partial charge in [-0.2, -0.15) is 0 Å². The molecule has 0 radical (unpaired) electrons. The van der Waals surface area contributed by atoms with Gasteiger partial charge in [0.2, 0.25) is 5.82 Å². The van der Waals surface area contributed by atoms with E-state index in [9.17, 15) is 9.59 Å². The molecule has 0 spiro atoms. The van der Waals surface area contributed by atoms with Gasteiger partial charge in [0.1, 0.15) is 0 Å². The van der Waals surface area contributed by atoms with Gasteiger partial charge < -0.3 is 10.6 Å². The molecule has 3 rings (SSSR count). The molecule has 2 N–H and O–H groups in total. The van der Waals surface area contributed by atoms with Crippen molar-refractivity contribution < 1.29 is 9.59 Å². The lowest BCUT2D eigenvalue weighted by atomic mass is 9.90. The Kier molecular flexibility index (Phi) is 6.96. The summed E-state index contributed by atoms with van der Waals surface area (Å²) in [6.45, 7) is 4.47. The summed E-state index contributed by atoms with van der Waals surface area (Å²) in [4.78, 5) is 33.2. The van der Waals surface area contributed by atoms with E-state index in [2.05, 4.69) is 20.6 Å². The summed E-state index contributed by atoms with van der Waals surface area (Å²) in [5.41, 5.74) is 2.39. The number of nitrogens with zero attached hydrogens (tertiary/aromatic N) is 2. The summed E-state index contributed by atoms with van der Waals surface area (Å²) in [7, 11) is 0. The number of hydrogen-bond acceptors (Lipinski definition) is 4. The van der Waals surface area contributed by atoms with Crippen LogP contribution < -0.4 is 10.6 Å². The standard InChI is InChI=1S/C23H30N4O2/c1-17-8-7-9-19(16-17)21(28)25-14-6-5-13-23(11-3-4-12-23)27-22(29)20-24-15-10-18(2)26-20/h7-10,15-16H,3-6,11-14H2,1-2H3,(H,25,28)(H,27,29). The molecule has 1 fully saturated rings. The highest BCUT2D eigenvalue weighted by molar-refractivity contribution is 5.94. The van der Waals surface area contributed by atoms with Crippen molar-refractivity contribution in [3.05, 3.63) is 59.2 Å². The zero-order valence-electron chi connectivity index (χ0n) is 17.3. The van der Waals surface area contributed by atoms with Crippen molar-refractivity contribution >= 4 is 11.8 Å². The van der Waals surface area contributed by atoms with Crippen LogP contribution in [0.1, 0.15) is 77.2 Å². The molecule has 0 bridgehead atoms. The van der Waals surface area contributed by atoms with E-state index in [0.29, 0.717) is 12.1 Å². The second kappa shape index (κ2) is 9.63. The minimum atomic E-state index is -0.191. The Morgan fingerprint density at radius 2 is 1.86 bits per heavy atom. The van der Waals surface area contributed by atoms with Crippen LogP contribution in [-0.2, 0) is 0 Å². The predicted molar refractivity (Wildman–Crippen MR) is 113 cm³/mol. The minimum absolute atomic E-state index is 0.0332. The highest BCUT2D eigenvalue weighted by Crippen LogP contribution is 2.34. The first-order valence-electron chi connectivity index (χ1n) is 10.4. The van der Waals surface area contributed by atoms with Gasteiger partial charge in [-0.1, -0.05) is 30.5 Å². The minimum Gasteiger partial charge on any atom is -0.352 e. The number of nitrogens with one attached hydrogen (secondary N) is 2. The van der Waals surface area contributed by atoms with Crippen molar-refractivity contribution in [3.8, 4) is 0 Å². The maximum Gasteiger partial charge on any atom is 0.289 e. The van der Waals surface area contributed by atoms with Crippen LogP contribution in [0, 0.1) is 13.8 Å². The zero-order chi connectivity index (χ0) is 20.7. The summed E-state index contributed by atoms with van der Waals surface area (Å²) in [5, 5.41) is 6.21. The fourth-order valence-electron chi connectivity index (χ4n) is 4.02. The Labute approximate surface area is 172 Å². The third-order valence-electron chi connectivity index (χ3n) is 5.59. The van der Waals surface area contributed by atoms with Gasteiger partial charge in [0.05, 0.1) is 0 Å². The first kappa shape index (κ1) is 21.0. The summed E-state index contributed by atoms with van der Waals surface area (Å²) in [6, 6.07) is 9.39. The third kappa shape index (κ3) is 5.86. The van der Waals surface area contributed by atoms with Gasteiger partial charge in [0.25, 0.3) is 11.8 Å². The first-order valence-corrected chi connectivity index (χ1v) is 10.4. The van der Waals surface area contributed by atoms with Crippen molar-refractivity contribution in [2.75, 3.05) is 6.54 Å². The smallest absolute Gasteiger partial charge is 0.289 e. The molecule has 0 saturated heterocycles. The van der Waals surface area contributed by atoms with Crippen molar-refractivity contribution in [2.24, 2.45) is 0 Å². The summed E-state index contributed by atoms with van der Waals surface area (Å²) in [5.74, 6) is 0.0132.